The fourth-order valence-corrected chi connectivity index (χ4v) is 1.45. The smallest absolute Gasteiger partial charge is 0.242 e. The number of amides is 1. The van der Waals surface area contributed by atoms with Gasteiger partial charge in [0.05, 0.1) is 12.1 Å². The van der Waals surface area contributed by atoms with Crippen LogP contribution in [0.5, 0.6) is 0 Å². The van der Waals surface area contributed by atoms with E-state index in [4.69, 9.17) is 0 Å². The van der Waals surface area contributed by atoms with Crippen molar-refractivity contribution in [2.45, 2.75) is 13.3 Å². The van der Waals surface area contributed by atoms with Crippen LogP contribution in [-0.4, -0.2) is 5.91 Å². The number of carbonyl (C=O) groups excluding carboxylic acids is 1. The Bertz CT molecular complexity index is 370. The first-order chi connectivity index (χ1) is 6.75. The molecule has 0 unspecified atom stereocenters. The molecule has 3 heteroatoms. The molecule has 1 aromatic rings. The van der Waals surface area contributed by atoms with Gasteiger partial charge in [-0.15, -0.1) is 0 Å². The van der Waals surface area contributed by atoms with Gasteiger partial charge in [0.15, 0.2) is 0 Å². The van der Waals surface area contributed by atoms with Gasteiger partial charge in [0.1, 0.15) is 0 Å². The van der Waals surface area contributed by atoms with Gasteiger partial charge in [-0.1, -0.05) is 18.2 Å². The SMILES string of the molecule is CC1=CN(c2ccccc2)NC(=O)C1. The lowest BCUT2D eigenvalue weighted by Crippen LogP contribution is -2.41. The number of nitrogens with zero attached hydrogens (tertiary/aromatic N) is 1. The topological polar surface area (TPSA) is 32.3 Å². The van der Waals surface area contributed by atoms with Gasteiger partial charge in [0.2, 0.25) is 5.91 Å². The Morgan fingerprint density at radius 2 is 2.00 bits per heavy atom. The summed E-state index contributed by atoms with van der Waals surface area (Å²) in [5.74, 6) is 0.0360. The molecule has 0 saturated carbocycles. The maximum absolute atomic E-state index is 11.3. The predicted molar refractivity (Wildman–Crippen MR) is 55.4 cm³/mol. The van der Waals surface area contributed by atoms with Crippen molar-refractivity contribution in [2.75, 3.05) is 5.01 Å². The quantitative estimate of drug-likeness (QED) is 0.729. The summed E-state index contributed by atoms with van der Waals surface area (Å²) in [5, 5.41) is 1.75. The van der Waals surface area contributed by atoms with E-state index in [9.17, 15) is 4.79 Å². The number of hydrogen-bond acceptors (Lipinski definition) is 2. The summed E-state index contributed by atoms with van der Waals surface area (Å²) in [4.78, 5) is 11.3. The van der Waals surface area contributed by atoms with Gasteiger partial charge >= 0.3 is 0 Å². The largest absolute Gasteiger partial charge is 0.273 e. The van der Waals surface area contributed by atoms with E-state index >= 15 is 0 Å². The van der Waals surface area contributed by atoms with E-state index in [1.165, 1.54) is 0 Å². The Morgan fingerprint density at radius 1 is 1.29 bits per heavy atom. The van der Waals surface area contributed by atoms with Crippen molar-refractivity contribution in [1.29, 1.82) is 0 Å². The van der Waals surface area contributed by atoms with Crippen LogP contribution in [0.4, 0.5) is 5.69 Å². The molecule has 0 bridgehead atoms. The summed E-state index contributed by atoms with van der Waals surface area (Å²) >= 11 is 0. The molecule has 0 radical (unpaired) electrons. The van der Waals surface area contributed by atoms with Crippen molar-refractivity contribution >= 4 is 11.6 Å². The highest BCUT2D eigenvalue weighted by atomic mass is 16.2. The number of para-hydroxylation sites is 1. The van der Waals surface area contributed by atoms with Crippen LogP contribution in [0, 0.1) is 0 Å². The molecule has 0 aromatic heterocycles. The van der Waals surface area contributed by atoms with Crippen LogP contribution in [0.15, 0.2) is 42.1 Å². The first-order valence-electron chi connectivity index (χ1n) is 4.57. The van der Waals surface area contributed by atoms with Crippen LogP contribution in [0.25, 0.3) is 0 Å². The van der Waals surface area contributed by atoms with E-state index in [0.717, 1.165) is 11.3 Å². The molecule has 1 amide bonds. The highest BCUT2D eigenvalue weighted by Crippen LogP contribution is 2.16. The summed E-state index contributed by atoms with van der Waals surface area (Å²) < 4.78 is 0. The average molecular weight is 188 g/mol. The van der Waals surface area contributed by atoms with Crippen molar-refractivity contribution in [3.8, 4) is 0 Å². The van der Waals surface area contributed by atoms with Crippen molar-refractivity contribution in [3.05, 3.63) is 42.1 Å². The molecule has 0 atom stereocenters. The summed E-state index contributed by atoms with van der Waals surface area (Å²) in [7, 11) is 0. The van der Waals surface area contributed by atoms with Gasteiger partial charge in [0, 0.05) is 6.20 Å². The van der Waals surface area contributed by atoms with Crippen molar-refractivity contribution in [2.24, 2.45) is 0 Å². The second kappa shape index (κ2) is 3.54. The molecule has 3 nitrogen and oxygen atoms in total. The minimum absolute atomic E-state index is 0.0360. The van der Waals surface area contributed by atoms with E-state index in [1.54, 1.807) is 5.01 Å². The van der Waals surface area contributed by atoms with E-state index in [-0.39, 0.29) is 5.91 Å². The van der Waals surface area contributed by atoms with Crippen molar-refractivity contribution < 1.29 is 4.79 Å². The minimum atomic E-state index is 0.0360. The predicted octanol–water partition coefficient (Wildman–Crippen LogP) is 1.83. The molecule has 72 valence electrons. The maximum atomic E-state index is 11.3. The molecule has 1 aliphatic rings. The number of hydrazine groups is 1. The van der Waals surface area contributed by atoms with E-state index in [0.29, 0.717) is 6.42 Å². The zero-order chi connectivity index (χ0) is 9.97. The minimum Gasteiger partial charge on any atom is -0.273 e. The first-order valence-corrected chi connectivity index (χ1v) is 4.57. The molecule has 0 aliphatic carbocycles. The monoisotopic (exact) mass is 188 g/mol. The Morgan fingerprint density at radius 3 is 2.64 bits per heavy atom. The second-order valence-electron chi connectivity index (χ2n) is 3.39. The van der Waals surface area contributed by atoms with Crippen LogP contribution in [0.2, 0.25) is 0 Å². The molecule has 1 aliphatic heterocycles. The van der Waals surface area contributed by atoms with Crippen molar-refractivity contribution in [3.63, 3.8) is 0 Å². The van der Waals surface area contributed by atoms with Crippen LogP contribution in [0.3, 0.4) is 0 Å². The lowest BCUT2D eigenvalue weighted by atomic mass is 10.2. The van der Waals surface area contributed by atoms with Gasteiger partial charge in [-0.2, -0.15) is 0 Å². The highest BCUT2D eigenvalue weighted by molar-refractivity contribution is 5.82. The summed E-state index contributed by atoms with van der Waals surface area (Å²) in [6.45, 7) is 1.95. The number of anilines is 1. The third-order valence-corrected chi connectivity index (χ3v) is 2.07. The first kappa shape index (κ1) is 8.81. The van der Waals surface area contributed by atoms with Crippen LogP contribution in [-0.2, 0) is 4.79 Å². The average Bonchev–Trinajstić information content (AvgIpc) is 2.18. The van der Waals surface area contributed by atoms with Crippen LogP contribution < -0.4 is 10.4 Å². The van der Waals surface area contributed by atoms with Gasteiger partial charge in [-0.05, 0) is 24.6 Å². The zero-order valence-corrected chi connectivity index (χ0v) is 8.03. The number of benzene rings is 1. The lowest BCUT2D eigenvalue weighted by molar-refractivity contribution is -0.120. The van der Waals surface area contributed by atoms with E-state index in [1.807, 2.05) is 43.5 Å². The van der Waals surface area contributed by atoms with Crippen LogP contribution in [0.1, 0.15) is 13.3 Å². The molecule has 1 aromatic carbocycles. The molecular formula is C11H12N2O. The third kappa shape index (κ3) is 1.76. The lowest BCUT2D eigenvalue weighted by Gasteiger charge is -2.26. The Balaban J connectivity index is 2.28. The normalized spacial score (nSPS) is 16.2. The molecule has 0 fully saturated rings. The number of carbonyl (C=O) groups is 1. The summed E-state index contributed by atoms with van der Waals surface area (Å²) in [6.07, 6.45) is 2.43. The standard InChI is InChI=1S/C11H12N2O/c1-9-7-11(14)12-13(8-9)10-5-3-2-4-6-10/h2-6,8H,7H2,1H3,(H,12,14). The van der Waals surface area contributed by atoms with Gasteiger partial charge in [-0.25, -0.2) is 0 Å². The van der Waals surface area contributed by atoms with Gasteiger partial charge < -0.3 is 0 Å². The Kier molecular flexibility index (Phi) is 2.23. The third-order valence-electron chi connectivity index (χ3n) is 2.07. The fraction of sp³-hybridized carbons (Fsp3) is 0.182. The zero-order valence-electron chi connectivity index (χ0n) is 8.03. The highest BCUT2D eigenvalue weighted by Gasteiger charge is 2.14. The summed E-state index contributed by atoms with van der Waals surface area (Å²) in [6, 6.07) is 9.75. The molecule has 1 N–H and O–H groups in total. The maximum Gasteiger partial charge on any atom is 0.242 e. The molecule has 1 heterocycles. The number of rotatable bonds is 1. The molecule has 0 saturated heterocycles. The summed E-state index contributed by atoms with van der Waals surface area (Å²) in [5.41, 5.74) is 4.82. The number of nitrogens with one attached hydrogen (secondary N) is 1. The Labute approximate surface area is 83.0 Å². The Hall–Kier alpha value is -1.77. The molecule has 2 rings (SSSR count). The van der Waals surface area contributed by atoms with E-state index < -0.39 is 0 Å². The fourth-order valence-electron chi connectivity index (χ4n) is 1.45. The number of hydrogen-bond donors (Lipinski definition) is 1. The van der Waals surface area contributed by atoms with E-state index in [2.05, 4.69) is 5.43 Å². The second-order valence-corrected chi connectivity index (χ2v) is 3.39. The molecular weight excluding hydrogens is 176 g/mol. The van der Waals surface area contributed by atoms with Gasteiger partial charge in [0.25, 0.3) is 0 Å². The molecule has 0 spiro atoms. The van der Waals surface area contributed by atoms with Crippen LogP contribution >= 0.6 is 0 Å². The molecule has 14 heavy (non-hydrogen) atoms. The van der Waals surface area contributed by atoms with Crippen molar-refractivity contribution in [1.82, 2.24) is 5.43 Å². The van der Waals surface area contributed by atoms with Gasteiger partial charge in [-0.3, -0.25) is 15.2 Å².